The minimum atomic E-state index is 0.0622. The Bertz CT molecular complexity index is 889. The molecule has 2 saturated carbocycles. The molecule has 1 N–H and O–H groups in total. The Morgan fingerprint density at radius 3 is 2.81 bits per heavy atom. The molecule has 2 fully saturated rings. The van der Waals surface area contributed by atoms with Gasteiger partial charge < -0.3 is 4.74 Å². The van der Waals surface area contributed by atoms with Gasteiger partial charge in [-0.05, 0) is 54.9 Å². The van der Waals surface area contributed by atoms with Crippen LogP contribution in [0, 0.1) is 17.3 Å². The summed E-state index contributed by atoms with van der Waals surface area (Å²) in [4.78, 5) is 12.6. The molecule has 2 aromatic carbocycles. The molecule has 0 bridgehead atoms. The van der Waals surface area contributed by atoms with Crippen molar-refractivity contribution in [3.05, 3.63) is 42.0 Å². The summed E-state index contributed by atoms with van der Waals surface area (Å²) in [5.74, 6) is 1.51. The number of hydrogen-bond acceptors (Lipinski definition) is 3. The lowest BCUT2D eigenvalue weighted by molar-refractivity contribution is -0.123. The van der Waals surface area contributed by atoms with Crippen molar-refractivity contribution < 1.29 is 9.53 Å². The maximum atomic E-state index is 12.6. The van der Waals surface area contributed by atoms with Crippen LogP contribution >= 0.6 is 0 Å². The van der Waals surface area contributed by atoms with Crippen molar-refractivity contribution in [2.45, 2.75) is 52.6 Å². The average Bonchev–Trinajstić information content (AvgIpc) is 3.28. The number of hydrogen-bond donors (Lipinski definition) is 1. The molecule has 2 aliphatic carbocycles. The van der Waals surface area contributed by atoms with E-state index < -0.39 is 0 Å². The molecular weight excluding hydrogens is 336 g/mol. The standard InChI is InChI=1S/C23H28N2O2/c1-15(2)27-20-12-11-16-8-4-5-9-17(16)18(20)14-24-25-22(26)21-19-10-6-7-13-23(19,21)3/h4-5,8-9,11-12,14-15,19,21H,6-7,10,13H2,1-3H3,(H,25,26)/b24-14-/t19-,21+,23-/m0/s1. The molecule has 0 aliphatic heterocycles. The van der Waals surface area contributed by atoms with Gasteiger partial charge in [0.15, 0.2) is 0 Å². The Kier molecular flexibility index (Phi) is 4.67. The maximum absolute atomic E-state index is 12.6. The zero-order valence-electron chi connectivity index (χ0n) is 16.4. The van der Waals surface area contributed by atoms with Crippen LogP contribution in [-0.4, -0.2) is 18.2 Å². The van der Waals surface area contributed by atoms with E-state index in [2.05, 4.69) is 35.7 Å². The number of benzene rings is 2. The summed E-state index contributed by atoms with van der Waals surface area (Å²) in [5, 5.41) is 6.50. The number of amides is 1. The molecule has 0 heterocycles. The van der Waals surface area contributed by atoms with Crippen LogP contribution in [0.25, 0.3) is 10.8 Å². The molecule has 3 atom stereocenters. The summed E-state index contributed by atoms with van der Waals surface area (Å²) < 4.78 is 5.96. The number of carbonyl (C=O) groups is 1. The molecular formula is C23H28N2O2. The van der Waals surface area contributed by atoms with Gasteiger partial charge in [0.05, 0.1) is 12.3 Å². The fourth-order valence-electron chi connectivity index (χ4n) is 4.85. The van der Waals surface area contributed by atoms with Crippen molar-refractivity contribution >= 4 is 22.9 Å². The van der Waals surface area contributed by atoms with Crippen molar-refractivity contribution in [1.82, 2.24) is 5.43 Å². The minimum Gasteiger partial charge on any atom is -0.490 e. The smallest absolute Gasteiger partial charge is 0.244 e. The van der Waals surface area contributed by atoms with Gasteiger partial charge in [0.1, 0.15) is 5.75 Å². The van der Waals surface area contributed by atoms with E-state index in [-0.39, 0.29) is 23.3 Å². The average molecular weight is 364 g/mol. The first-order valence-electron chi connectivity index (χ1n) is 10.0. The lowest BCUT2D eigenvalue weighted by Gasteiger charge is -2.15. The van der Waals surface area contributed by atoms with Crippen LogP contribution in [0.15, 0.2) is 41.5 Å². The third kappa shape index (κ3) is 3.33. The van der Waals surface area contributed by atoms with Crippen molar-refractivity contribution in [2.24, 2.45) is 22.4 Å². The number of rotatable bonds is 5. The summed E-state index contributed by atoms with van der Waals surface area (Å²) in [6.45, 7) is 6.27. The largest absolute Gasteiger partial charge is 0.490 e. The van der Waals surface area contributed by atoms with Gasteiger partial charge in [0.25, 0.3) is 0 Å². The summed E-state index contributed by atoms with van der Waals surface area (Å²) in [6.07, 6.45) is 6.63. The highest BCUT2D eigenvalue weighted by molar-refractivity contribution is 6.02. The molecule has 0 spiro atoms. The molecule has 0 radical (unpaired) electrons. The maximum Gasteiger partial charge on any atom is 0.244 e. The van der Waals surface area contributed by atoms with Gasteiger partial charge in [-0.1, -0.05) is 50.1 Å². The van der Waals surface area contributed by atoms with Gasteiger partial charge in [0, 0.05) is 11.5 Å². The fourth-order valence-corrected chi connectivity index (χ4v) is 4.85. The predicted octanol–water partition coefficient (Wildman–Crippen LogP) is 4.90. The van der Waals surface area contributed by atoms with Crippen molar-refractivity contribution in [2.75, 3.05) is 0 Å². The molecule has 2 aliphatic rings. The van der Waals surface area contributed by atoms with E-state index in [9.17, 15) is 4.79 Å². The Morgan fingerprint density at radius 1 is 1.26 bits per heavy atom. The SMILES string of the molecule is CC(C)Oc1ccc2ccccc2c1/C=N\NC(=O)[C@H]1[C@@H]2CCCC[C@@]21C. The predicted molar refractivity (Wildman–Crippen MR) is 109 cm³/mol. The summed E-state index contributed by atoms with van der Waals surface area (Å²) in [6, 6.07) is 12.2. The van der Waals surface area contributed by atoms with Gasteiger partial charge >= 0.3 is 0 Å². The second-order valence-electron chi connectivity index (χ2n) is 8.44. The van der Waals surface area contributed by atoms with Crippen LogP contribution in [0.1, 0.15) is 52.0 Å². The van der Waals surface area contributed by atoms with Crippen LogP contribution < -0.4 is 10.2 Å². The highest BCUT2D eigenvalue weighted by Gasteiger charge is 2.64. The third-order valence-electron chi connectivity index (χ3n) is 6.28. The van der Waals surface area contributed by atoms with Gasteiger partial charge in [0.2, 0.25) is 5.91 Å². The Balaban J connectivity index is 1.54. The first-order valence-corrected chi connectivity index (χ1v) is 10.0. The number of nitrogens with one attached hydrogen (secondary N) is 1. The summed E-state index contributed by atoms with van der Waals surface area (Å²) >= 11 is 0. The highest BCUT2D eigenvalue weighted by atomic mass is 16.5. The van der Waals surface area contributed by atoms with Gasteiger partial charge in [-0.3, -0.25) is 4.79 Å². The molecule has 4 heteroatoms. The molecule has 2 aromatic rings. The summed E-state index contributed by atoms with van der Waals surface area (Å²) in [7, 11) is 0. The Hall–Kier alpha value is -2.36. The highest BCUT2D eigenvalue weighted by Crippen LogP contribution is 2.66. The van der Waals surface area contributed by atoms with E-state index in [0.29, 0.717) is 5.92 Å². The number of ether oxygens (including phenoxy) is 1. The normalized spacial score (nSPS) is 27.0. The van der Waals surface area contributed by atoms with Gasteiger partial charge in [-0.2, -0.15) is 5.10 Å². The fraction of sp³-hybridized carbons (Fsp3) is 0.478. The van der Waals surface area contributed by atoms with Gasteiger partial charge in [-0.25, -0.2) is 5.43 Å². The molecule has 0 unspecified atom stereocenters. The number of fused-ring (bicyclic) bond motifs is 2. The zero-order chi connectivity index (χ0) is 19.0. The Labute approximate surface area is 161 Å². The first kappa shape index (κ1) is 18.0. The lowest BCUT2D eigenvalue weighted by Crippen LogP contribution is -2.22. The molecule has 0 aromatic heterocycles. The van der Waals surface area contributed by atoms with E-state index in [1.165, 1.54) is 19.3 Å². The molecule has 1 amide bonds. The van der Waals surface area contributed by atoms with Gasteiger partial charge in [-0.15, -0.1) is 0 Å². The van der Waals surface area contributed by atoms with E-state index >= 15 is 0 Å². The number of hydrazone groups is 1. The zero-order valence-corrected chi connectivity index (χ0v) is 16.4. The molecule has 27 heavy (non-hydrogen) atoms. The van der Waals surface area contributed by atoms with Crippen LogP contribution in [0.2, 0.25) is 0 Å². The molecule has 142 valence electrons. The van der Waals surface area contributed by atoms with Crippen molar-refractivity contribution in [1.29, 1.82) is 0 Å². The van der Waals surface area contributed by atoms with Crippen LogP contribution in [0.5, 0.6) is 5.75 Å². The molecule has 4 rings (SSSR count). The van der Waals surface area contributed by atoms with Crippen molar-refractivity contribution in [3.8, 4) is 5.75 Å². The second-order valence-corrected chi connectivity index (χ2v) is 8.44. The van der Waals surface area contributed by atoms with Crippen LogP contribution in [0.4, 0.5) is 0 Å². The quantitative estimate of drug-likeness (QED) is 0.606. The Morgan fingerprint density at radius 2 is 2.07 bits per heavy atom. The molecule has 0 saturated heterocycles. The van der Waals surface area contributed by atoms with E-state index in [1.54, 1.807) is 6.21 Å². The van der Waals surface area contributed by atoms with E-state index in [1.807, 2.05) is 32.0 Å². The summed E-state index contributed by atoms with van der Waals surface area (Å²) in [5.41, 5.74) is 3.90. The topological polar surface area (TPSA) is 50.7 Å². The second kappa shape index (κ2) is 6.99. The van der Waals surface area contributed by atoms with Crippen molar-refractivity contribution in [3.63, 3.8) is 0 Å². The van der Waals surface area contributed by atoms with E-state index in [4.69, 9.17) is 4.74 Å². The lowest BCUT2D eigenvalue weighted by atomic mass is 9.90. The van der Waals surface area contributed by atoms with E-state index in [0.717, 1.165) is 28.5 Å². The third-order valence-corrected chi connectivity index (χ3v) is 6.28. The minimum absolute atomic E-state index is 0.0622. The number of nitrogens with zero attached hydrogens (tertiary/aromatic N) is 1. The molecule has 4 nitrogen and oxygen atoms in total. The first-order chi connectivity index (χ1) is 13.0. The monoisotopic (exact) mass is 364 g/mol. The number of carbonyl (C=O) groups excluding carboxylic acids is 1. The van der Waals surface area contributed by atoms with Crippen LogP contribution in [0.3, 0.4) is 0 Å². The van der Waals surface area contributed by atoms with Crippen LogP contribution in [-0.2, 0) is 4.79 Å².